The summed E-state index contributed by atoms with van der Waals surface area (Å²) in [5, 5.41) is 8.38. The Hall–Kier alpha value is 0.378. The topological polar surface area (TPSA) is 54.1 Å². The quantitative estimate of drug-likeness (QED) is 0.358. The molecule has 36 valence electrons. The van der Waals surface area contributed by atoms with Crippen LogP contribution in [0.5, 0.6) is 0 Å². The van der Waals surface area contributed by atoms with Gasteiger partial charge in [0, 0.05) is 26.4 Å². The van der Waals surface area contributed by atoms with E-state index in [4.69, 9.17) is 10.1 Å². The molecule has 0 saturated heterocycles. The molecule has 0 aromatic rings. The maximum Gasteiger partial charge on any atom is 0.00366 e. The smallest absolute Gasteiger partial charge is 0.00366 e. The number of rotatable bonds is 0. The molecule has 0 radical (unpaired) electrons. The average Bonchev–Trinajstić information content (AvgIpc) is 0.918. The van der Waals surface area contributed by atoms with E-state index < -0.39 is 0 Å². The van der Waals surface area contributed by atoms with Crippen molar-refractivity contribution in [1.82, 2.24) is 0 Å². The molecular weight excluding hydrogens is 277 g/mol. The first kappa shape index (κ1) is 18.2. The average molecular weight is 278 g/mol. The van der Waals surface area contributed by atoms with Gasteiger partial charge in [-0.05, 0) is 0 Å². The predicted molar refractivity (Wildman–Crippen MR) is 7.70 cm³/mol. The van der Waals surface area contributed by atoms with Crippen molar-refractivity contribution < 1.29 is 38.8 Å². The van der Waals surface area contributed by atoms with Crippen molar-refractivity contribution in [2.75, 3.05) is 0 Å². The van der Waals surface area contributed by atoms with Gasteiger partial charge in [0.1, 0.15) is 0 Å². The van der Waals surface area contributed by atoms with Crippen LogP contribution in [-0.2, 0) is 21.1 Å². The van der Waals surface area contributed by atoms with Gasteiger partial charge in [-0.1, -0.05) is 0 Å². The van der Waals surface area contributed by atoms with E-state index in [1.165, 1.54) is 0 Å². The van der Waals surface area contributed by atoms with Crippen LogP contribution in [0.15, 0.2) is 0 Å². The van der Waals surface area contributed by atoms with Gasteiger partial charge < -0.3 is 12.4 Å². The van der Waals surface area contributed by atoms with Crippen molar-refractivity contribution in [2.24, 2.45) is 0 Å². The van der Waals surface area contributed by atoms with Crippen LogP contribution in [0, 0.1) is 10.1 Å². The molecule has 0 heterocycles. The maximum atomic E-state index is 8.12. The molecule has 0 aromatic heterocycles. The van der Waals surface area contributed by atoms with E-state index in [-0.39, 0.29) is 38.8 Å². The Morgan fingerprint density at radius 3 is 1.60 bits per heavy atom. The zero-order valence-electron chi connectivity index (χ0n) is 2.01. The van der Waals surface area contributed by atoms with Gasteiger partial charge in [-0.15, -0.1) is 0 Å². The first-order valence-electron chi connectivity index (χ1n) is 0.408. The van der Waals surface area contributed by atoms with Gasteiger partial charge in [0.25, 0.3) is 0 Å². The molecule has 0 saturated carbocycles. The second-order valence-corrected chi connectivity index (χ2v) is 0.0833. The Kier molecular flexibility index (Phi) is 95.9. The number of nitrogens with one attached hydrogen (secondary N) is 1. The van der Waals surface area contributed by atoms with Crippen molar-refractivity contribution in [3.63, 3.8) is 0 Å². The molecule has 0 unspecified atom stereocenters. The van der Waals surface area contributed by atoms with Crippen molar-refractivity contribution >= 4 is 0 Å². The van der Waals surface area contributed by atoms with Crippen LogP contribution in [0.2, 0.25) is 0 Å². The Morgan fingerprint density at radius 1 is 1.60 bits per heavy atom. The van der Waals surface area contributed by atoms with Crippen molar-refractivity contribution in [3.8, 4) is 0 Å². The van der Waals surface area contributed by atoms with Crippen LogP contribution in [0.3, 0.4) is 0 Å². The van der Waals surface area contributed by atoms with Gasteiger partial charge in [-0.25, -0.2) is 0 Å². The molecule has 0 fully saturated rings. The third kappa shape index (κ3) is 173. The summed E-state index contributed by atoms with van der Waals surface area (Å²) in [6.45, 7) is 0. The standard InChI is InChI=1S/ClH.HNO2.Pt/c;2-1-3;/h1H;1H;/p-1. The fraction of sp³-hybridized carbons (Fsp3) is 0. The first-order chi connectivity index (χ1) is 1.41. The molecule has 0 atom stereocenters. The number of hydrogen-bond donors (Lipinski definition) is 1. The second kappa shape index (κ2) is 26.3. The minimum Gasteiger partial charge on any atom is -1.00 e. The minimum absolute atomic E-state index is 0. The fourth-order valence-electron chi connectivity index (χ4n) is 0. The Balaban J connectivity index is -0.0000000200. The molecule has 0 aliphatic heterocycles. The first-order valence-corrected chi connectivity index (χ1v) is 0.408. The van der Waals surface area contributed by atoms with Gasteiger partial charge in [0.15, 0.2) is 0 Å². The third-order valence-electron chi connectivity index (χ3n) is 0. The minimum atomic E-state index is 0. The molecule has 5 heavy (non-hydrogen) atoms. The number of hydrogen-bond acceptors (Lipinski definition) is 2. The van der Waals surface area contributed by atoms with Gasteiger partial charge in [0.05, 0.1) is 0 Å². The molecule has 3 nitrogen and oxygen atoms in total. The SMILES string of the molecule is O=[NH+][O-].[Cl-].[Pt]. The molecular formula is HClNO2Pt-. The summed E-state index contributed by atoms with van der Waals surface area (Å²) < 4.78 is 0. The summed E-state index contributed by atoms with van der Waals surface area (Å²) in [6.07, 6.45) is 0. The van der Waals surface area contributed by atoms with Crippen molar-refractivity contribution in [3.05, 3.63) is 10.1 Å². The molecule has 0 aromatic carbocycles. The zero-order valence-corrected chi connectivity index (χ0v) is 5.04. The van der Waals surface area contributed by atoms with E-state index in [0.29, 0.717) is 0 Å². The maximum absolute atomic E-state index is 8.12. The van der Waals surface area contributed by atoms with Gasteiger partial charge in [-0.3, -0.25) is 10.1 Å². The number of halogens is 1. The van der Waals surface area contributed by atoms with Crippen LogP contribution >= 0.6 is 0 Å². The summed E-state index contributed by atoms with van der Waals surface area (Å²) >= 11 is 0. The van der Waals surface area contributed by atoms with Gasteiger partial charge >= 0.3 is 0 Å². The molecule has 0 spiro atoms. The van der Waals surface area contributed by atoms with E-state index in [1.807, 2.05) is 0 Å². The van der Waals surface area contributed by atoms with Crippen LogP contribution in [0.25, 0.3) is 0 Å². The summed E-state index contributed by atoms with van der Waals surface area (Å²) in [4.78, 5) is 8.12. The molecule has 1 N–H and O–H groups in total. The Labute approximate surface area is 49.4 Å². The summed E-state index contributed by atoms with van der Waals surface area (Å²) in [5.41, 5.74) is 0. The van der Waals surface area contributed by atoms with E-state index in [1.54, 1.807) is 0 Å². The van der Waals surface area contributed by atoms with E-state index in [9.17, 15) is 0 Å². The fourth-order valence-corrected chi connectivity index (χ4v) is 0. The van der Waals surface area contributed by atoms with Crippen LogP contribution in [0.1, 0.15) is 0 Å². The summed E-state index contributed by atoms with van der Waals surface area (Å²) in [7, 11) is 0. The van der Waals surface area contributed by atoms with E-state index in [0.717, 1.165) is 0 Å². The van der Waals surface area contributed by atoms with Gasteiger partial charge in [-0.2, -0.15) is 0 Å². The van der Waals surface area contributed by atoms with Crippen molar-refractivity contribution in [1.29, 1.82) is 0 Å². The third-order valence-corrected chi connectivity index (χ3v) is 0. The predicted octanol–water partition coefficient (Wildman–Crippen LogP) is -4.67. The summed E-state index contributed by atoms with van der Waals surface area (Å²) in [5.74, 6) is 0. The molecule has 0 rings (SSSR count). The summed E-state index contributed by atoms with van der Waals surface area (Å²) in [6, 6.07) is 0. The monoisotopic (exact) mass is 277 g/mol. The van der Waals surface area contributed by atoms with Crippen molar-refractivity contribution in [2.45, 2.75) is 0 Å². The van der Waals surface area contributed by atoms with Crippen LogP contribution < -0.4 is 17.7 Å². The Bertz CT molecular complexity index is 17.1. The molecule has 0 aliphatic rings. The van der Waals surface area contributed by atoms with E-state index >= 15 is 0 Å². The zero-order chi connectivity index (χ0) is 2.71. The molecule has 0 bridgehead atoms. The van der Waals surface area contributed by atoms with Crippen LogP contribution in [-0.4, -0.2) is 0 Å². The van der Waals surface area contributed by atoms with Crippen LogP contribution in [0.4, 0.5) is 0 Å². The van der Waals surface area contributed by atoms with Gasteiger partial charge in [0.2, 0.25) is 0 Å². The second-order valence-electron chi connectivity index (χ2n) is 0.0833. The normalized spacial score (nSPS) is 2.40. The largest absolute Gasteiger partial charge is 1.00 e. The molecule has 0 amide bonds. The van der Waals surface area contributed by atoms with E-state index in [2.05, 4.69) is 0 Å². The Morgan fingerprint density at radius 2 is 1.60 bits per heavy atom. The molecule has 5 heteroatoms. The molecule has 0 aliphatic carbocycles.